The number of amides is 1. The summed E-state index contributed by atoms with van der Waals surface area (Å²) in [6, 6.07) is 17.9. The largest absolute Gasteiger partial charge is 0.497 e. The van der Waals surface area contributed by atoms with Crippen molar-refractivity contribution in [2.24, 2.45) is 0 Å². The van der Waals surface area contributed by atoms with Crippen LogP contribution in [-0.4, -0.2) is 29.0 Å². The zero-order valence-corrected chi connectivity index (χ0v) is 16.0. The second kappa shape index (κ2) is 9.35. The number of nitrogens with zero attached hydrogens (tertiary/aromatic N) is 2. The van der Waals surface area contributed by atoms with Crippen molar-refractivity contribution in [1.29, 1.82) is 0 Å². The van der Waals surface area contributed by atoms with Crippen LogP contribution in [0.25, 0.3) is 0 Å². The van der Waals surface area contributed by atoms with E-state index >= 15 is 0 Å². The van der Waals surface area contributed by atoms with Gasteiger partial charge >= 0.3 is 0 Å². The Morgan fingerprint density at radius 2 is 1.88 bits per heavy atom. The van der Waals surface area contributed by atoms with Crippen molar-refractivity contribution in [3.63, 3.8) is 0 Å². The number of methoxy groups -OCH3 is 1. The fourth-order valence-corrected chi connectivity index (χ4v) is 3.90. The number of rotatable bonds is 8. The van der Waals surface area contributed by atoms with Crippen LogP contribution in [-0.2, 0) is 11.2 Å². The van der Waals surface area contributed by atoms with Crippen molar-refractivity contribution >= 4 is 34.1 Å². The number of ether oxygens (including phenoxy) is 1. The molecule has 0 unspecified atom stereocenters. The van der Waals surface area contributed by atoms with E-state index < -0.39 is 0 Å². The Morgan fingerprint density at radius 3 is 2.62 bits per heavy atom. The molecule has 0 saturated carbocycles. The second-order valence-corrected chi connectivity index (χ2v) is 7.72. The maximum atomic E-state index is 12.1. The Bertz CT molecular complexity index is 836. The van der Waals surface area contributed by atoms with Crippen LogP contribution < -0.4 is 10.1 Å². The van der Waals surface area contributed by atoms with Crippen molar-refractivity contribution in [3.8, 4) is 5.75 Å². The van der Waals surface area contributed by atoms with Gasteiger partial charge in [0.25, 0.3) is 0 Å². The van der Waals surface area contributed by atoms with E-state index in [4.69, 9.17) is 4.74 Å². The molecular formula is C19H19N3O2S2. The molecule has 0 aliphatic carbocycles. The Labute approximate surface area is 160 Å². The summed E-state index contributed by atoms with van der Waals surface area (Å²) in [6.45, 7) is 0. The second-order valence-electron chi connectivity index (χ2n) is 5.49. The van der Waals surface area contributed by atoms with Gasteiger partial charge in [-0.1, -0.05) is 41.7 Å². The van der Waals surface area contributed by atoms with Gasteiger partial charge < -0.3 is 10.1 Å². The fourth-order valence-electron chi connectivity index (χ4n) is 2.26. The Kier molecular flexibility index (Phi) is 6.62. The average Bonchev–Trinajstić information content (AvgIpc) is 3.10. The molecule has 0 spiro atoms. The first kappa shape index (κ1) is 18.4. The molecule has 0 aliphatic heterocycles. The van der Waals surface area contributed by atoms with Gasteiger partial charge in [-0.05, 0) is 29.8 Å². The summed E-state index contributed by atoms with van der Waals surface area (Å²) >= 11 is 3.05. The molecule has 5 nitrogen and oxygen atoms in total. The predicted molar refractivity (Wildman–Crippen MR) is 106 cm³/mol. The maximum Gasteiger partial charge on any atom is 0.227 e. The zero-order chi connectivity index (χ0) is 18.2. The number of carbonyl (C=O) groups is 1. The Hall–Kier alpha value is -2.38. The Morgan fingerprint density at radius 1 is 1.12 bits per heavy atom. The van der Waals surface area contributed by atoms with Gasteiger partial charge in [0.1, 0.15) is 10.8 Å². The van der Waals surface area contributed by atoms with Crippen molar-refractivity contribution in [1.82, 2.24) is 10.2 Å². The molecule has 0 bridgehead atoms. The maximum absolute atomic E-state index is 12.1. The Balaban J connectivity index is 1.43. The van der Waals surface area contributed by atoms with Crippen LogP contribution in [0.4, 0.5) is 5.13 Å². The third-order valence-corrected chi connectivity index (χ3v) is 5.42. The molecule has 26 heavy (non-hydrogen) atoms. The molecule has 1 N–H and O–H groups in total. The van der Waals surface area contributed by atoms with Gasteiger partial charge in [0.05, 0.1) is 7.11 Å². The highest BCUT2D eigenvalue weighted by Gasteiger charge is 2.09. The van der Waals surface area contributed by atoms with E-state index in [1.807, 2.05) is 42.5 Å². The first-order chi connectivity index (χ1) is 12.7. The minimum atomic E-state index is -0.0478. The lowest BCUT2D eigenvalue weighted by molar-refractivity contribution is -0.115. The summed E-state index contributed by atoms with van der Waals surface area (Å²) in [6.07, 6.45) is 1.14. The van der Waals surface area contributed by atoms with Gasteiger partial charge in [-0.25, -0.2) is 0 Å². The molecule has 0 atom stereocenters. The molecular weight excluding hydrogens is 366 g/mol. The summed E-state index contributed by atoms with van der Waals surface area (Å²) in [4.78, 5) is 13.2. The molecule has 1 amide bonds. The topological polar surface area (TPSA) is 64.1 Å². The lowest BCUT2D eigenvalue weighted by atomic mass is 10.2. The molecule has 0 radical (unpaired) electrons. The quantitative estimate of drug-likeness (QED) is 0.587. The molecule has 2 aromatic carbocycles. The number of nitrogens with one attached hydrogen (secondary N) is 1. The van der Waals surface area contributed by atoms with E-state index in [1.54, 1.807) is 18.9 Å². The average molecular weight is 386 g/mol. The lowest BCUT2D eigenvalue weighted by Crippen LogP contribution is -2.11. The zero-order valence-electron chi connectivity index (χ0n) is 14.3. The molecule has 1 aromatic heterocycles. The third kappa shape index (κ3) is 5.57. The van der Waals surface area contributed by atoms with Crippen LogP contribution in [0.2, 0.25) is 0 Å². The highest BCUT2D eigenvalue weighted by atomic mass is 32.2. The van der Waals surface area contributed by atoms with Crippen molar-refractivity contribution in [2.75, 3.05) is 18.2 Å². The van der Waals surface area contributed by atoms with Gasteiger partial charge in [-0.15, -0.1) is 22.0 Å². The van der Waals surface area contributed by atoms with E-state index in [-0.39, 0.29) is 5.91 Å². The van der Waals surface area contributed by atoms with E-state index in [2.05, 4.69) is 27.6 Å². The first-order valence-electron chi connectivity index (χ1n) is 8.16. The molecule has 0 aliphatic rings. The van der Waals surface area contributed by atoms with E-state index in [1.165, 1.54) is 16.9 Å². The van der Waals surface area contributed by atoms with Gasteiger partial charge in [0, 0.05) is 23.5 Å². The normalized spacial score (nSPS) is 10.5. The summed E-state index contributed by atoms with van der Waals surface area (Å²) in [5, 5.41) is 12.5. The van der Waals surface area contributed by atoms with Gasteiger partial charge in [-0.3, -0.25) is 4.79 Å². The van der Waals surface area contributed by atoms with Crippen molar-refractivity contribution in [3.05, 3.63) is 65.2 Å². The smallest absolute Gasteiger partial charge is 0.227 e. The molecule has 7 heteroatoms. The molecule has 0 fully saturated rings. The molecule has 0 saturated heterocycles. The van der Waals surface area contributed by atoms with Crippen molar-refractivity contribution in [2.45, 2.75) is 17.7 Å². The summed E-state index contributed by atoms with van der Waals surface area (Å²) in [5.74, 6) is 1.48. The van der Waals surface area contributed by atoms with Gasteiger partial charge in [0.2, 0.25) is 11.0 Å². The van der Waals surface area contributed by atoms with E-state index in [9.17, 15) is 4.79 Å². The SMILES string of the molecule is COc1ccc(SCCC(=O)Nc2nnc(Cc3ccccc3)s2)cc1. The summed E-state index contributed by atoms with van der Waals surface area (Å²) in [5.41, 5.74) is 1.18. The van der Waals surface area contributed by atoms with Crippen LogP contribution >= 0.6 is 23.1 Å². The van der Waals surface area contributed by atoms with E-state index in [0.717, 1.165) is 22.1 Å². The van der Waals surface area contributed by atoms with Crippen LogP contribution in [0, 0.1) is 0 Å². The minimum absolute atomic E-state index is 0.0478. The predicted octanol–water partition coefficient (Wildman–Crippen LogP) is 4.26. The molecule has 3 aromatic rings. The fraction of sp³-hybridized carbons (Fsp3) is 0.211. The number of benzene rings is 2. The van der Waals surface area contributed by atoms with Crippen LogP contribution in [0.1, 0.15) is 17.0 Å². The van der Waals surface area contributed by atoms with Crippen LogP contribution in [0.5, 0.6) is 5.75 Å². The highest BCUT2D eigenvalue weighted by Crippen LogP contribution is 2.22. The standard InChI is InChI=1S/C19H19N3O2S2/c1-24-15-7-9-16(10-8-15)25-12-11-17(23)20-19-22-21-18(26-19)13-14-5-3-2-4-6-14/h2-10H,11-13H2,1H3,(H,20,22,23). The highest BCUT2D eigenvalue weighted by molar-refractivity contribution is 7.99. The first-order valence-corrected chi connectivity index (χ1v) is 9.96. The van der Waals surface area contributed by atoms with Crippen LogP contribution in [0.3, 0.4) is 0 Å². The molecule has 134 valence electrons. The summed E-state index contributed by atoms with van der Waals surface area (Å²) in [7, 11) is 1.64. The summed E-state index contributed by atoms with van der Waals surface area (Å²) < 4.78 is 5.13. The lowest BCUT2D eigenvalue weighted by Gasteiger charge is -2.03. The van der Waals surface area contributed by atoms with E-state index in [0.29, 0.717) is 17.3 Å². The number of aromatic nitrogens is 2. The molecule has 3 rings (SSSR count). The number of thioether (sulfide) groups is 1. The number of carbonyl (C=O) groups excluding carboxylic acids is 1. The number of hydrogen-bond acceptors (Lipinski definition) is 6. The number of anilines is 1. The van der Waals surface area contributed by atoms with Crippen LogP contribution in [0.15, 0.2) is 59.5 Å². The van der Waals surface area contributed by atoms with Gasteiger partial charge in [0.15, 0.2) is 0 Å². The number of hydrogen-bond donors (Lipinski definition) is 1. The minimum Gasteiger partial charge on any atom is -0.497 e. The van der Waals surface area contributed by atoms with Crippen molar-refractivity contribution < 1.29 is 9.53 Å². The third-order valence-electron chi connectivity index (χ3n) is 3.57. The monoisotopic (exact) mass is 385 g/mol. The molecule has 1 heterocycles. The van der Waals surface area contributed by atoms with Gasteiger partial charge in [-0.2, -0.15) is 0 Å².